The molecule has 0 amide bonds. The van der Waals surface area contributed by atoms with Crippen LogP contribution >= 0.6 is 0 Å². The zero-order valence-corrected chi connectivity index (χ0v) is 9.29. The van der Waals surface area contributed by atoms with Gasteiger partial charge in [-0.25, -0.2) is 4.79 Å². The lowest BCUT2D eigenvalue weighted by atomic mass is 10.2. The topological polar surface area (TPSA) is 78.9 Å². The Labute approximate surface area is 88.6 Å². The van der Waals surface area contributed by atoms with Crippen LogP contribution in [0.3, 0.4) is 0 Å². The summed E-state index contributed by atoms with van der Waals surface area (Å²) in [5.74, 6) is -0.270. The second kappa shape index (κ2) is 5.32. The van der Waals surface area contributed by atoms with Crippen molar-refractivity contribution in [3.63, 3.8) is 0 Å². The van der Waals surface area contributed by atoms with E-state index < -0.39 is 22.6 Å². The van der Waals surface area contributed by atoms with Crippen LogP contribution in [0.15, 0.2) is 0 Å². The van der Waals surface area contributed by atoms with E-state index in [0.29, 0.717) is 13.0 Å². The first-order valence-electron chi connectivity index (χ1n) is 4.78. The van der Waals surface area contributed by atoms with Gasteiger partial charge in [-0.15, -0.1) is 0 Å². The van der Waals surface area contributed by atoms with E-state index in [1.165, 1.54) is 6.92 Å². The second-order valence-corrected chi connectivity index (χ2v) is 4.95. The minimum absolute atomic E-state index is 0.270. The number of carbonyl (C=O) groups excluding carboxylic acids is 1. The molecule has 1 fully saturated rings. The highest BCUT2D eigenvalue weighted by atomic mass is 32.2. The predicted octanol–water partition coefficient (Wildman–Crippen LogP) is 1.02. The minimum Gasteiger partial charge on any atom is -0.404 e. The zero-order chi connectivity index (χ0) is 11.3. The predicted molar refractivity (Wildman–Crippen MR) is 50.6 cm³/mol. The molecule has 0 aromatic rings. The van der Waals surface area contributed by atoms with Crippen LogP contribution in [-0.2, 0) is 23.8 Å². The number of rotatable bonds is 3. The molecule has 1 unspecified atom stereocenters. The Morgan fingerprint density at radius 2 is 2.20 bits per heavy atom. The van der Waals surface area contributed by atoms with Gasteiger partial charge in [0.25, 0.3) is 0 Å². The number of hydrogen-bond acceptors (Lipinski definition) is 6. The zero-order valence-electron chi connectivity index (χ0n) is 8.47. The van der Waals surface area contributed by atoms with Crippen LogP contribution in [-0.4, -0.2) is 33.2 Å². The first-order chi connectivity index (χ1) is 7.03. The van der Waals surface area contributed by atoms with E-state index in [4.69, 9.17) is 4.74 Å². The fourth-order valence-electron chi connectivity index (χ4n) is 1.09. The van der Waals surface area contributed by atoms with Crippen molar-refractivity contribution in [2.45, 2.75) is 32.5 Å². The quantitative estimate of drug-likeness (QED) is 0.539. The van der Waals surface area contributed by atoms with Gasteiger partial charge in [0, 0.05) is 6.42 Å². The van der Waals surface area contributed by atoms with Gasteiger partial charge in [-0.2, -0.15) is 8.42 Å². The average Bonchev–Trinajstić information content (AvgIpc) is 2.18. The first-order valence-corrected chi connectivity index (χ1v) is 6.35. The molecule has 1 aliphatic rings. The van der Waals surface area contributed by atoms with Gasteiger partial charge < -0.3 is 13.7 Å². The summed E-state index contributed by atoms with van der Waals surface area (Å²) in [7, 11) is -3.80. The molecular weight excluding hydrogens is 224 g/mol. The molecule has 0 radical (unpaired) electrons. The molecule has 1 atom stereocenters. The van der Waals surface area contributed by atoms with Crippen molar-refractivity contribution in [1.29, 1.82) is 0 Å². The lowest BCUT2D eigenvalue weighted by Gasteiger charge is -2.21. The van der Waals surface area contributed by atoms with Gasteiger partial charge in [0.1, 0.15) is 0 Å². The van der Waals surface area contributed by atoms with Crippen LogP contribution in [0, 0.1) is 0 Å². The van der Waals surface area contributed by atoms with E-state index in [1.807, 2.05) is 0 Å². The maximum absolute atomic E-state index is 11.0. The first kappa shape index (κ1) is 12.3. The van der Waals surface area contributed by atoms with E-state index in [2.05, 4.69) is 8.92 Å². The van der Waals surface area contributed by atoms with Crippen molar-refractivity contribution in [2.24, 2.45) is 0 Å². The summed E-state index contributed by atoms with van der Waals surface area (Å²) in [4.78, 5) is 11.0. The Hall–Kier alpha value is -0.820. The third-order valence-corrected chi connectivity index (χ3v) is 3.01. The third-order valence-electron chi connectivity index (χ3n) is 1.91. The van der Waals surface area contributed by atoms with Gasteiger partial charge in [0.05, 0.1) is 12.4 Å². The summed E-state index contributed by atoms with van der Waals surface area (Å²) in [6.45, 7) is 1.89. The van der Waals surface area contributed by atoms with E-state index >= 15 is 0 Å². The van der Waals surface area contributed by atoms with E-state index in [1.54, 1.807) is 0 Å². The Balaban J connectivity index is 2.35. The molecule has 7 heteroatoms. The molecule has 88 valence electrons. The van der Waals surface area contributed by atoms with Gasteiger partial charge in [-0.1, -0.05) is 0 Å². The maximum Gasteiger partial charge on any atom is 0.526 e. The van der Waals surface area contributed by atoms with Crippen LogP contribution in [0.1, 0.15) is 26.2 Å². The standard InChI is InChI=1S/C8H14O6S/c1-2-15(10,11)14-8(9)13-7-5-3-4-6-12-7/h7H,2-6H2,1H3. The van der Waals surface area contributed by atoms with Crippen LogP contribution in [0.5, 0.6) is 0 Å². The summed E-state index contributed by atoms with van der Waals surface area (Å²) >= 11 is 0. The largest absolute Gasteiger partial charge is 0.526 e. The molecular formula is C8H14O6S. The van der Waals surface area contributed by atoms with Gasteiger partial charge in [-0.05, 0) is 19.8 Å². The molecule has 15 heavy (non-hydrogen) atoms. The van der Waals surface area contributed by atoms with Crippen molar-refractivity contribution in [1.82, 2.24) is 0 Å². The molecule has 0 aromatic heterocycles. The summed E-state index contributed by atoms with van der Waals surface area (Å²) in [6, 6.07) is 0. The summed E-state index contributed by atoms with van der Waals surface area (Å²) in [5.41, 5.74) is 0. The van der Waals surface area contributed by atoms with Crippen LogP contribution in [0.2, 0.25) is 0 Å². The normalized spacial score (nSPS) is 22.1. The molecule has 1 saturated heterocycles. The average molecular weight is 238 g/mol. The monoisotopic (exact) mass is 238 g/mol. The fourth-order valence-corrected chi connectivity index (χ4v) is 1.46. The molecule has 0 saturated carbocycles. The Morgan fingerprint density at radius 3 is 2.73 bits per heavy atom. The molecule has 0 aromatic carbocycles. The van der Waals surface area contributed by atoms with E-state index in [-0.39, 0.29) is 5.75 Å². The minimum atomic E-state index is -3.80. The summed E-state index contributed by atoms with van der Waals surface area (Å²) in [6.07, 6.45) is 0.476. The number of hydrogen-bond donors (Lipinski definition) is 0. The third kappa shape index (κ3) is 4.48. The number of carbonyl (C=O) groups is 1. The lowest BCUT2D eigenvalue weighted by molar-refractivity contribution is -0.134. The van der Waals surface area contributed by atoms with Crippen molar-refractivity contribution in [2.75, 3.05) is 12.4 Å². The van der Waals surface area contributed by atoms with Crippen molar-refractivity contribution >= 4 is 16.3 Å². The van der Waals surface area contributed by atoms with Crippen molar-refractivity contribution in [3.8, 4) is 0 Å². The smallest absolute Gasteiger partial charge is 0.404 e. The van der Waals surface area contributed by atoms with Crippen molar-refractivity contribution in [3.05, 3.63) is 0 Å². The highest BCUT2D eigenvalue weighted by Crippen LogP contribution is 2.14. The van der Waals surface area contributed by atoms with Gasteiger partial charge in [-0.3, -0.25) is 0 Å². The van der Waals surface area contributed by atoms with Gasteiger partial charge >= 0.3 is 16.3 Å². The summed E-state index contributed by atoms with van der Waals surface area (Å²) < 4.78 is 35.6. The molecule has 1 heterocycles. The van der Waals surface area contributed by atoms with Crippen LogP contribution in [0.25, 0.3) is 0 Å². The van der Waals surface area contributed by atoms with E-state index in [0.717, 1.165) is 12.8 Å². The molecule has 1 rings (SSSR count). The van der Waals surface area contributed by atoms with Crippen LogP contribution < -0.4 is 0 Å². The maximum atomic E-state index is 11.0. The Kier molecular flexibility index (Phi) is 4.34. The van der Waals surface area contributed by atoms with Gasteiger partial charge in [0.2, 0.25) is 6.29 Å². The molecule has 0 spiro atoms. The van der Waals surface area contributed by atoms with Gasteiger partial charge in [0.15, 0.2) is 0 Å². The molecule has 1 aliphatic heterocycles. The Morgan fingerprint density at radius 1 is 1.47 bits per heavy atom. The molecule has 0 aliphatic carbocycles. The molecule has 0 bridgehead atoms. The Bertz CT molecular complexity index is 303. The highest BCUT2D eigenvalue weighted by molar-refractivity contribution is 7.87. The highest BCUT2D eigenvalue weighted by Gasteiger charge is 2.22. The van der Waals surface area contributed by atoms with Crippen molar-refractivity contribution < 1.29 is 26.9 Å². The number of ether oxygens (including phenoxy) is 2. The lowest BCUT2D eigenvalue weighted by Crippen LogP contribution is -2.27. The molecule has 0 N–H and O–H groups in total. The second-order valence-electron chi connectivity index (χ2n) is 3.09. The fraction of sp³-hybridized carbons (Fsp3) is 0.875. The SMILES string of the molecule is CCS(=O)(=O)OC(=O)OC1CCCCO1. The summed E-state index contributed by atoms with van der Waals surface area (Å²) in [5, 5.41) is 0. The molecule has 6 nitrogen and oxygen atoms in total. The van der Waals surface area contributed by atoms with Crippen LogP contribution in [0.4, 0.5) is 4.79 Å². The van der Waals surface area contributed by atoms with E-state index in [9.17, 15) is 13.2 Å².